The van der Waals surface area contributed by atoms with Gasteiger partial charge in [-0.15, -0.1) is 0 Å². The summed E-state index contributed by atoms with van der Waals surface area (Å²) in [5.74, 6) is 0. The number of hydrogen-bond acceptors (Lipinski definition) is 5. The first-order chi connectivity index (χ1) is 5.49. The number of rotatable bonds is 6. The summed E-state index contributed by atoms with van der Waals surface area (Å²) in [5, 5.41) is 8.61. The molecule has 6 heteroatoms. The lowest BCUT2D eigenvalue weighted by atomic mass is 10.2. The fourth-order valence-corrected chi connectivity index (χ4v) is 1.32. The molecule has 0 aliphatic heterocycles. The van der Waals surface area contributed by atoms with Gasteiger partial charge in [-0.2, -0.15) is 8.42 Å². The van der Waals surface area contributed by atoms with Gasteiger partial charge in [-0.25, -0.2) is 0 Å². The van der Waals surface area contributed by atoms with Crippen molar-refractivity contribution in [3.8, 4) is 0 Å². The van der Waals surface area contributed by atoms with Crippen molar-refractivity contribution >= 4 is 16.4 Å². The molecule has 0 fully saturated rings. The van der Waals surface area contributed by atoms with E-state index in [9.17, 15) is 13.2 Å². The van der Waals surface area contributed by atoms with Crippen molar-refractivity contribution in [2.45, 2.75) is 18.9 Å². The van der Waals surface area contributed by atoms with Crippen LogP contribution in [0.3, 0.4) is 0 Å². The summed E-state index contributed by atoms with van der Waals surface area (Å²) >= 11 is 0. The molecule has 0 rings (SSSR count). The molecule has 0 radical (unpaired) electrons. The zero-order chi connectivity index (χ0) is 9.61. The summed E-state index contributed by atoms with van der Waals surface area (Å²) in [6, 6.07) is 0. The fourth-order valence-electron chi connectivity index (χ4n) is 0.671. The van der Waals surface area contributed by atoms with E-state index in [1.165, 1.54) is 0 Å². The zero-order valence-corrected chi connectivity index (χ0v) is 7.58. The third-order valence-corrected chi connectivity index (χ3v) is 1.74. The lowest BCUT2D eigenvalue weighted by molar-refractivity contribution is -0.108. The fraction of sp³-hybridized carbons (Fsp3) is 0.833. The maximum atomic E-state index is 10.5. The third-order valence-electron chi connectivity index (χ3n) is 1.12. The maximum Gasteiger partial charge on any atom is 0.264 e. The minimum Gasteiger partial charge on any atom is -0.394 e. The van der Waals surface area contributed by atoms with E-state index in [0.717, 1.165) is 6.26 Å². The molecule has 0 amide bonds. The van der Waals surface area contributed by atoms with Gasteiger partial charge in [0, 0.05) is 6.42 Å². The van der Waals surface area contributed by atoms with Crippen LogP contribution in [0, 0.1) is 0 Å². The number of aliphatic hydroxyl groups excluding tert-OH is 1. The van der Waals surface area contributed by atoms with Gasteiger partial charge < -0.3 is 9.90 Å². The van der Waals surface area contributed by atoms with Gasteiger partial charge in [-0.05, 0) is 6.42 Å². The molecule has 1 unspecified atom stereocenters. The molecule has 1 atom stereocenters. The Morgan fingerprint density at radius 3 is 2.50 bits per heavy atom. The van der Waals surface area contributed by atoms with Gasteiger partial charge in [0.15, 0.2) is 0 Å². The Morgan fingerprint density at radius 2 is 2.17 bits per heavy atom. The molecule has 0 saturated carbocycles. The molecule has 5 nitrogen and oxygen atoms in total. The van der Waals surface area contributed by atoms with Crippen LogP contribution in [0.1, 0.15) is 12.8 Å². The minimum atomic E-state index is -3.54. The molecule has 0 aliphatic rings. The lowest BCUT2D eigenvalue weighted by Crippen LogP contribution is -2.21. The highest BCUT2D eigenvalue weighted by atomic mass is 32.2. The Morgan fingerprint density at radius 1 is 1.58 bits per heavy atom. The van der Waals surface area contributed by atoms with Crippen molar-refractivity contribution in [1.29, 1.82) is 0 Å². The average molecular weight is 196 g/mol. The molecule has 0 saturated heterocycles. The molecule has 0 heterocycles. The van der Waals surface area contributed by atoms with Crippen LogP contribution < -0.4 is 0 Å². The Kier molecular flexibility index (Phi) is 5.03. The molecular weight excluding hydrogens is 184 g/mol. The van der Waals surface area contributed by atoms with Gasteiger partial charge in [0.2, 0.25) is 0 Å². The monoisotopic (exact) mass is 196 g/mol. The van der Waals surface area contributed by atoms with Crippen molar-refractivity contribution < 1.29 is 22.5 Å². The topological polar surface area (TPSA) is 80.7 Å². The van der Waals surface area contributed by atoms with Gasteiger partial charge in [0.1, 0.15) is 12.4 Å². The lowest BCUT2D eigenvalue weighted by Gasteiger charge is -2.10. The molecule has 72 valence electrons. The number of hydrogen-bond donors (Lipinski definition) is 1. The SMILES string of the molecule is CS(=O)(=O)OC(CO)CCC=O. The molecular formula is C6H12O5S. The Balaban J connectivity index is 3.91. The van der Waals surface area contributed by atoms with Gasteiger partial charge in [-0.1, -0.05) is 0 Å². The summed E-state index contributed by atoms with van der Waals surface area (Å²) in [5.41, 5.74) is 0. The summed E-state index contributed by atoms with van der Waals surface area (Å²) in [6.45, 7) is -0.402. The summed E-state index contributed by atoms with van der Waals surface area (Å²) in [6.07, 6.45) is 1.14. The normalized spacial score (nSPS) is 14.2. The maximum absolute atomic E-state index is 10.5. The van der Waals surface area contributed by atoms with Crippen LogP contribution in [0.25, 0.3) is 0 Å². The Bertz CT molecular complexity index is 220. The van der Waals surface area contributed by atoms with Crippen LogP contribution in [0.5, 0.6) is 0 Å². The Labute approximate surface area is 71.5 Å². The Hall–Kier alpha value is -0.460. The summed E-state index contributed by atoms with van der Waals surface area (Å²) < 4.78 is 25.5. The van der Waals surface area contributed by atoms with Crippen molar-refractivity contribution in [3.63, 3.8) is 0 Å². The second kappa shape index (κ2) is 5.23. The molecule has 0 aromatic rings. The van der Waals surface area contributed by atoms with Crippen LogP contribution >= 0.6 is 0 Å². The largest absolute Gasteiger partial charge is 0.394 e. The highest BCUT2D eigenvalue weighted by molar-refractivity contribution is 7.86. The first-order valence-corrected chi connectivity index (χ1v) is 5.24. The first kappa shape index (κ1) is 11.5. The predicted octanol–water partition coefficient (Wildman–Crippen LogP) is -0.697. The smallest absolute Gasteiger partial charge is 0.264 e. The van der Waals surface area contributed by atoms with E-state index in [-0.39, 0.29) is 12.8 Å². The van der Waals surface area contributed by atoms with E-state index in [4.69, 9.17) is 5.11 Å². The van der Waals surface area contributed by atoms with Crippen molar-refractivity contribution in [1.82, 2.24) is 0 Å². The van der Waals surface area contributed by atoms with E-state index in [1.807, 2.05) is 0 Å². The zero-order valence-electron chi connectivity index (χ0n) is 6.76. The summed E-state index contributed by atoms with van der Waals surface area (Å²) in [7, 11) is -3.54. The average Bonchev–Trinajstić information content (AvgIpc) is 1.95. The van der Waals surface area contributed by atoms with Gasteiger partial charge in [-0.3, -0.25) is 4.18 Å². The highest BCUT2D eigenvalue weighted by Gasteiger charge is 2.13. The van der Waals surface area contributed by atoms with Gasteiger partial charge in [0.05, 0.1) is 12.9 Å². The molecule has 1 N–H and O–H groups in total. The van der Waals surface area contributed by atoms with Crippen LogP contribution in [0.4, 0.5) is 0 Å². The van der Waals surface area contributed by atoms with E-state index in [2.05, 4.69) is 4.18 Å². The minimum absolute atomic E-state index is 0.181. The highest BCUT2D eigenvalue weighted by Crippen LogP contribution is 2.03. The molecule has 0 spiro atoms. The predicted molar refractivity (Wildman–Crippen MR) is 42.1 cm³/mol. The molecule has 12 heavy (non-hydrogen) atoms. The molecule has 0 aliphatic carbocycles. The molecule has 0 bridgehead atoms. The van der Waals surface area contributed by atoms with Crippen LogP contribution in [0.15, 0.2) is 0 Å². The third kappa shape index (κ3) is 6.26. The van der Waals surface area contributed by atoms with E-state index in [0.29, 0.717) is 6.29 Å². The quantitative estimate of drug-likeness (QED) is 0.449. The number of aldehydes is 1. The van der Waals surface area contributed by atoms with Crippen molar-refractivity contribution in [2.75, 3.05) is 12.9 Å². The summed E-state index contributed by atoms with van der Waals surface area (Å²) in [4.78, 5) is 9.90. The second-order valence-corrected chi connectivity index (χ2v) is 3.95. The van der Waals surface area contributed by atoms with Gasteiger partial charge >= 0.3 is 0 Å². The van der Waals surface area contributed by atoms with Crippen molar-refractivity contribution in [3.05, 3.63) is 0 Å². The standard InChI is InChI=1S/C6H12O5S/c1-12(9,10)11-6(5-8)3-2-4-7/h4,6,8H,2-3,5H2,1H3. The van der Waals surface area contributed by atoms with E-state index >= 15 is 0 Å². The number of carbonyl (C=O) groups excluding carboxylic acids is 1. The van der Waals surface area contributed by atoms with E-state index in [1.54, 1.807) is 0 Å². The van der Waals surface area contributed by atoms with Crippen LogP contribution in [-0.2, 0) is 19.1 Å². The molecule has 0 aromatic heterocycles. The molecule has 0 aromatic carbocycles. The second-order valence-electron chi connectivity index (χ2n) is 2.35. The van der Waals surface area contributed by atoms with Crippen LogP contribution in [-0.4, -0.2) is 38.8 Å². The van der Waals surface area contributed by atoms with E-state index < -0.39 is 22.8 Å². The first-order valence-electron chi connectivity index (χ1n) is 3.42. The van der Waals surface area contributed by atoms with Crippen LogP contribution in [0.2, 0.25) is 0 Å². The number of aliphatic hydroxyl groups is 1. The van der Waals surface area contributed by atoms with Gasteiger partial charge in [0.25, 0.3) is 10.1 Å². The van der Waals surface area contributed by atoms with Crippen molar-refractivity contribution in [2.24, 2.45) is 0 Å². The number of carbonyl (C=O) groups is 1.